The van der Waals surface area contributed by atoms with Gasteiger partial charge in [-0.15, -0.1) is 5.10 Å². The molecule has 2 aromatic heterocycles. The zero-order chi connectivity index (χ0) is 14.2. The Morgan fingerprint density at radius 1 is 1.25 bits per heavy atom. The van der Waals surface area contributed by atoms with Crippen molar-refractivity contribution in [2.75, 3.05) is 10.5 Å². The van der Waals surface area contributed by atoms with Gasteiger partial charge in [0.15, 0.2) is 5.82 Å². The summed E-state index contributed by atoms with van der Waals surface area (Å²) in [5.74, 6) is 0.158. The lowest BCUT2D eigenvalue weighted by Gasteiger charge is -2.05. The molecule has 0 aliphatic carbocycles. The summed E-state index contributed by atoms with van der Waals surface area (Å²) >= 11 is 0. The minimum absolute atomic E-state index is 0.116. The molecule has 0 spiro atoms. The molecule has 0 radical (unpaired) electrons. The largest absolute Gasteiger partial charge is 0.399 e. The van der Waals surface area contributed by atoms with Crippen molar-refractivity contribution in [1.29, 1.82) is 0 Å². The predicted octanol–water partition coefficient (Wildman–Crippen LogP) is 1.34. The first-order valence-electron chi connectivity index (χ1n) is 5.73. The average Bonchev–Trinajstić information content (AvgIpc) is 2.83. The van der Waals surface area contributed by atoms with E-state index in [-0.39, 0.29) is 10.7 Å². The van der Waals surface area contributed by atoms with E-state index in [9.17, 15) is 8.42 Å². The zero-order valence-electron chi connectivity index (χ0n) is 10.2. The summed E-state index contributed by atoms with van der Waals surface area (Å²) in [6.07, 6.45) is 2.88. The Morgan fingerprint density at radius 3 is 2.85 bits per heavy atom. The monoisotopic (exact) mass is 289 g/mol. The van der Waals surface area contributed by atoms with Crippen molar-refractivity contribution in [1.82, 2.24) is 15.2 Å². The van der Waals surface area contributed by atoms with Crippen molar-refractivity contribution in [3.8, 4) is 0 Å². The van der Waals surface area contributed by atoms with Crippen LogP contribution < -0.4 is 10.5 Å². The number of fused-ring (bicyclic) bond motifs is 1. The van der Waals surface area contributed by atoms with E-state index < -0.39 is 10.0 Å². The van der Waals surface area contributed by atoms with Gasteiger partial charge >= 0.3 is 0 Å². The first-order valence-corrected chi connectivity index (χ1v) is 7.22. The fraction of sp³-hybridized carbons (Fsp3) is 0. The molecule has 7 nitrogen and oxygen atoms in total. The molecule has 20 heavy (non-hydrogen) atoms. The van der Waals surface area contributed by atoms with Crippen molar-refractivity contribution in [3.63, 3.8) is 0 Å². The molecule has 0 atom stereocenters. The minimum Gasteiger partial charge on any atom is -0.399 e. The minimum atomic E-state index is -3.75. The topological polar surface area (TPSA) is 114 Å². The number of aromatic nitrogens is 3. The van der Waals surface area contributed by atoms with Gasteiger partial charge in [0.1, 0.15) is 4.90 Å². The molecule has 0 unspecified atom stereocenters. The van der Waals surface area contributed by atoms with Gasteiger partial charge in [0.25, 0.3) is 10.0 Å². The SMILES string of the molecule is Nc1ccc2[nH]cc(S(=O)(=O)Nc3cccnn3)c2c1. The number of rotatable bonds is 3. The summed E-state index contributed by atoms with van der Waals surface area (Å²) in [5.41, 5.74) is 6.88. The smallest absolute Gasteiger partial charge is 0.265 e. The van der Waals surface area contributed by atoms with E-state index in [2.05, 4.69) is 19.9 Å². The normalized spacial score (nSPS) is 11.6. The van der Waals surface area contributed by atoms with Crippen LogP contribution in [0.5, 0.6) is 0 Å². The van der Waals surface area contributed by atoms with Crippen LogP contribution in [0, 0.1) is 0 Å². The summed E-state index contributed by atoms with van der Waals surface area (Å²) in [4.78, 5) is 3.01. The van der Waals surface area contributed by atoms with E-state index in [1.807, 2.05) is 0 Å². The van der Waals surface area contributed by atoms with Crippen LogP contribution in [0.2, 0.25) is 0 Å². The maximum absolute atomic E-state index is 12.3. The van der Waals surface area contributed by atoms with E-state index in [0.717, 1.165) is 0 Å². The predicted molar refractivity (Wildman–Crippen MR) is 75.6 cm³/mol. The van der Waals surface area contributed by atoms with Gasteiger partial charge in [-0.3, -0.25) is 4.72 Å². The highest BCUT2D eigenvalue weighted by molar-refractivity contribution is 7.93. The van der Waals surface area contributed by atoms with Crippen LogP contribution in [0.1, 0.15) is 0 Å². The van der Waals surface area contributed by atoms with Gasteiger partial charge in [-0.05, 0) is 30.3 Å². The molecule has 8 heteroatoms. The van der Waals surface area contributed by atoms with E-state index >= 15 is 0 Å². The highest BCUT2D eigenvalue weighted by Gasteiger charge is 2.19. The second-order valence-electron chi connectivity index (χ2n) is 4.17. The van der Waals surface area contributed by atoms with Crippen molar-refractivity contribution >= 4 is 32.4 Å². The van der Waals surface area contributed by atoms with Crippen LogP contribution in [0.4, 0.5) is 11.5 Å². The summed E-state index contributed by atoms with van der Waals surface area (Å²) < 4.78 is 27.1. The number of sulfonamides is 1. The number of hydrogen-bond acceptors (Lipinski definition) is 5. The van der Waals surface area contributed by atoms with Gasteiger partial charge < -0.3 is 10.7 Å². The van der Waals surface area contributed by atoms with Crippen molar-refractivity contribution in [2.24, 2.45) is 0 Å². The summed E-state index contributed by atoms with van der Waals surface area (Å²) in [5, 5.41) is 7.85. The molecule has 3 rings (SSSR count). The number of nitrogens with zero attached hydrogens (tertiary/aromatic N) is 2. The second kappa shape index (κ2) is 4.49. The van der Waals surface area contributed by atoms with Crippen LogP contribution in [-0.4, -0.2) is 23.6 Å². The van der Waals surface area contributed by atoms with Crippen LogP contribution in [0.25, 0.3) is 10.9 Å². The highest BCUT2D eigenvalue weighted by atomic mass is 32.2. The van der Waals surface area contributed by atoms with E-state index in [1.165, 1.54) is 18.5 Å². The fourth-order valence-corrected chi connectivity index (χ4v) is 3.05. The number of H-pyrrole nitrogens is 1. The number of hydrogen-bond donors (Lipinski definition) is 3. The average molecular weight is 289 g/mol. The van der Waals surface area contributed by atoms with Crippen LogP contribution in [0.15, 0.2) is 47.6 Å². The summed E-state index contributed by atoms with van der Waals surface area (Å²) in [6.45, 7) is 0. The maximum Gasteiger partial charge on any atom is 0.265 e. The molecule has 0 fully saturated rings. The van der Waals surface area contributed by atoms with Gasteiger partial charge in [0, 0.05) is 29.0 Å². The lowest BCUT2D eigenvalue weighted by Crippen LogP contribution is -2.13. The third-order valence-electron chi connectivity index (χ3n) is 2.77. The third kappa shape index (κ3) is 2.16. The van der Waals surface area contributed by atoms with Gasteiger partial charge in [-0.2, -0.15) is 5.10 Å². The molecule has 102 valence electrons. The zero-order valence-corrected chi connectivity index (χ0v) is 11.1. The Labute approximate surface area is 114 Å². The molecule has 0 amide bonds. The number of nitrogens with one attached hydrogen (secondary N) is 2. The lowest BCUT2D eigenvalue weighted by molar-refractivity contribution is 0.601. The quantitative estimate of drug-likeness (QED) is 0.630. The van der Waals surface area contributed by atoms with E-state index in [0.29, 0.717) is 16.6 Å². The van der Waals surface area contributed by atoms with Gasteiger partial charge in [0.05, 0.1) is 0 Å². The number of nitrogen functional groups attached to an aromatic ring is 1. The molecule has 0 saturated carbocycles. The maximum atomic E-state index is 12.3. The third-order valence-corrected chi connectivity index (χ3v) is 4.16. The number of aromatic amines is 1. The Morgan fingerprint density at radius 2 is 2.10 bits per heavy atom. The van der Waals surface area contributed by atoms with E-state index in [1.54, 1.807) is 24.3 Å². The van der Waals surface area contributed by atoms with Gasteiger partial charge in [-0.25, -0.2) is 8.42 Å². The molecule has 2 heterocycles. The number of nitrogens with two attached hydrogens (primary N) is 1. The van der Waals surface area contributed by atoms with Crippen LogP contribution in [-0.2, 0) is 10.0 Å². The van der Waals surface area contributed by atoms with Crippen LogP contribution in [0.3, 0.4) is 0 Å². The molecule has 1 aromatic carbocycles. The first-order chi connectivity index (χ1) is 9.56. The Bertz CT molecular complexity index is 858. The standard InChI is InChI=1S/C12H11N5O2S/c13-8-3-4-10-9(6-8)11(7-14-10)20(18,19)17-12-2-1-5-15-16-12/h1-7,14H,13H2,(H,16,17). The molecule has 0 aliphatic rings. The Balaban J connectivity index is 2.08. The molecule has 4 N–H and O–H groups in total. The van der Waals surface area contributed by atoms with Crippen molar-refractivity contribution < 1.29 is 8.42 Å². The van der Waals surface area contributed by atoms with Crippen molar-refractivity contribution in [3.05, 3.63) is 42.7 Å². The summed E-state index contributed by atoms with van der Waals surface area (Å²) in [7, 11) is -3.75. The molecule has 0 aliphatic heterocycles. The fourth-order valence-electron chi connectivity index (χ4n) is 1.88. The van der Waals surface area contributed by atoms with E-state index in [4.69, 9.17) is 5.73 Å². The molecule has 0 bridgehead atoms. The highest BCUT2D eigenvalue weighted by Crippen LogP contribution is 2.25. The first kappa shape index (κ1) is 12.4. The lowest BCUT2D eigenvalue weighted by atomic mass is 10.2. The molecular formula is C12H11N5O2S. The molecule has 3 aromatic rings. The second-order valence-corrected chi connectivity index (χ2v) is 5.82. The van der Waals surface area contributed by atoms with Crippen molar-refractivity contribution in [2.45, 2.75) is 4.90 Å². The number of anilines is 2. The van der Waals surface area contributed by atoms with Gasteiger partial charge in [0.2, 0.25) is 0 Å². The molecular weight excluding hydrogens is 278 g/mol. The van der Waals surface area contributed by atoms with Crippen LogP contribution >= 0.6 is 0 Å². The Hall–Kier alpha value is -2.61. The molecule has 0 saturated heterocycles. The van der Waals surface area contributed by atoms with Gasteiger partial charge in [-0.1, -0.05) is 0 Å². The summed E-state index contributed by atoms with van der Waals surface area (Å²) in [6, 6.07) is 8.15. The Kier molecular flexibility index (Phi) is 2.79. The number of benzene rings is 1.